The summed E-state index contributed by atoms with van der Waals surface area (Å²) < 4.78 is 19.1. The number of hydrogen-bond donors (Lipinski definition) is 0. The summed E-state index contributed by atoms with van der Waals surface area (Å²) in [6, 6.07) is 26.1. The number of aromatic nitrogens is 3. The predicted octanol–water partition coefficient (Wildman–Crippen LogP) is 5.83. The fraction of sp³-hybridized carbons (Fsp3) is 0.259. The fourth-order valence-corrected chi connectivity index (χ4v) is 4.28. The molecule has 1 heterocycles. The lowest BCUT2D eigenvalue weighted by Gasteiger charge is -2.12. The Morgan fingerprint density at radius 1 is 0.706 bits per heavy atom. The highest BCUT2D eigenvalue weighted by Gasteiger charge is 2.15. The van der Waals surface area contributed by atoms with Gasteiger partial charge in [-0.15, -0.1) is 10.2 Å². The molecule has 0 N–H and O–H groups in total. The maximum Gasteiger partial charge on any atom is 0.195 e. The lowest BCUT2D eigenvalue weighted by molar-refractivity contribution is 0.332. The largest absolute Gasteiger partial charge is 0.494 e. The second-order valence-corrected chi connectivity index (χ2v) is 8.49. The third kappa shape index (κ3) is 6.32. The van der Waals surface area contributed by atoms with Crippen LogP contribution in [-0.4, -0.2) is 40.3 Å². The van der Waals surface area contributed by atoms with Crippen molar-refractivity contribution in [2.24, 2.45) is 0 Å². The van der Waals surface area contributed by atoms with E-state index in [4.69, 9.17) is 14.2 Å². The number of rotatable bonds is 12. The molecule has 0 aliphatic heterocycles. The summed E-state index contributed by atoms with van der Waals surface area (Å²) in [7, 11) is 0. The smallest absolute Gasteiger partial charge is 0.195 e. The Kier molecular flexibility index (Phi) is 8.46. The molecule has 0 aliphatic rings. The molecule has 0 aliphatic carbocycles. The Bertz CT molecular complexity index is 1150. The number of nitrogens with zero attached hydrogens (tertiary/aromatic N) is 3. The minimum Gasteiger partial charge on any atom is -0.494 e. The van der Waals surface area contributed by atoms with Crippen LogP contribution in [0.2, 0.25) is 0 Å². The molecule has 0 saturated heterocycles. The van der Waals surface area contributed by atoms with Gasteiger partial charge in [0.25, 0.3) is 0 Å². The van der Waals surface area contributed by atoms with Crippen LogP contribution in [0.5, 0.6) is 17.2 Å². The van der Waals surface area contributed by atoms with E-state index in [9.17, 15) is 0 Å². The van der Waals surface area contributed by atoms with Gasteiger partial charge in [-0.25, -0.2) is 0 Å². The van der Waals surface area contributed by atoms with Crippen molar-refractivity contribution in [3.8, 4) is 22.9 Å². The highest BCUT2D eigenvalue weighted by Crippen LogP contribution is 2.25. The van der Waals surface area contributed by atoms with Gasteiger partial charge < -0.3 is 14.2 Å². The molecule has 0 fully saturated rings. The van der Waals surface area contributed by atoms with E-state index in [0.717, 1.165) is 39.7 Å². The topological polar surface area (TPSA) is 58.4 Å². The summed E-state index contributed by atoms with van der Waals surface area (Å²) in [5.41, 5.74) is 2.20. The van der Waals surface area contributed by atoms with Gasteiger partial charge in [0.1, 0.15) is 23.1 Å². The summed E-state index contributed by atoms with van der Waals surface area (Å²) in [5.74, 6) is 4.15. The van der Waals surface area contributed by atoms with Crippen molar-refractivity contribution in [2.45, 2.75) is 25.4 Å². The van der Waals surface area contributed by atoms with E-state index in [-0.39, 0.29) is 0 Å². The molecular formula is C27H29N3O3S. The fourth-order valence-electron chi connectivity index (χ4n) is 3.50. The van der Waals surface area contributed by atoms with Crippen LogP contribution in [0.1, 0.15) is 25.2 Å². The molecule has 4 rings (SSSR count). The summed E-state index contributed by atoms with van der Waals surface area (Å²) in [5, 5.41) is 9.85. The molecule has 1 aromatic heterocycles. The van der Waals surface area contributed by atoms with Gasteiger partial charge in [0.05, 0.1) is 19.8 Å². The zero-order chi connectivity index (χ0) is 23.6. The van der Waals surface area contributed by atoms with Gasteiger partial charge in [-0.1, -0.05) is 42.1 Å². The zero-order valence-electron chi connectivity index (χ0n) is 19.5. The van der Waals surface area contributed by atoms with E-state index in [1.165, 1.54) is 5.56 Å². The van der Waals surface area contributed by atoms with E-state index in [1.807, 2.05) is 80.6 Å². The summed E-state index contributed by atoms with van der Waals surface area (Å²) >= 11 is 1.63. The SMILES string of the molecule is CCOc1ccc(OCCSc2nnc(Cc3ccccc3)n2-c2ccc(OCC)cc2)cc1. The van der Waals surface area contributed by atoms with Gasteiger partial charge in [0.2, 0.25) is 0 Å². The summed E-state index contributed by atoms with van der Waals surface area (Å²) in [4.78, 5) is 0. The molecule has 3 aromatic carbocycles. The number of thioether (sulfide) groups is 1. The van der Waals surface area contributed by atoms with Gasteiger partial charge >= 0.3 is 0 Å². The molecule has 34 heavy (non-hydrogen) atoms. The van der Waals surface area contributed by atoms with E-state index in [2.05, 4.69) is 26.9 Å². The monoisotopic (exact) mass is 475 g/mol. The first-order valence-electron chi connectivity index (χ1n) is 11.5. The van der Waals surface area contributed by atoms with Crippen LogP contribution >= 0.6 is 11.8 Å². The van der Waals surface area contributed by atoms with Crippen LogP contribution in [-0.2, 0) is 6.42 Å². The molecule has 0 saturated carbocycles. The predicted molar refractivity (Wildman–Crippen MR) is 136 cm³/mol. The molecule has 0 bridgehead atoms. The van der Waals surface area contributed by atoms with Crippen LogP contribution < -0.4 is 14.2 Å². The summed E-state index contributed by atoms with van der Waals surface area (Å²) in [6.07, 6.45) is 0.699. The van der Waals surface area contributed by atoms with Gasteiger partial charge in [-0.2, -0.15) is 0 Å². The maximum absolute atomic E-state index is 5.90. The van der Waals surface area contributed by atoms with E-state index >= 15 is 0 Å². The second-order valence-electron chi connectivity index (χ2n) is 7.42. The Hall–Kier alpha value is -3.45. The van der Waals surface area contributed by atoms with Crippen molar-refractivity contribution in [2.75, 3.05) is 25.6 Å². The highest BCUT2D eigenvalue weighted by molar-refractivity contribution is 7.99. The molecular weight excluding hydrogens is 446 g/mol. The molecule has 4 aromatic rings. The molecule has 7 heteroatoms. The van der Waals surface area contributed by atoms with Crippen molar-refractivity contribution < 1.29 is 14.2 Å². The van der Waals surface area contributed by atoms with Gasteiger partial charge in [0, 0.05) is 17.9 Å². The standard InChI is InChI=1S/C27H29N3O3S/c1-3-31-23-12-10-22(11-13-23)30-26(20-21-8-6-5-7-9-21)28-29-27(30)34-19-18-33-25-16-14-24(15-17-25)32-4-2/h5-17H,3-4,18-20H2,1-2H3. The number of benzene rings is 3. The number of ether oxygens (including phenoxy) is 3. The first-order chi connectivity index (χ1) is 16.8. The zero-order valence-corrected chi connectivity index (χ0v) is 20.3. The van der Waals surface area contributed by atoms with Crippen LogP contribution in [0.4, 0.5) is 0 Å². The van der Waals surface area contributed by atoms with Crippen molar-refractivity contribution in [1.82, 2.24) is 14.8 Å². The molecule has 0 radical (unpaired) electrons. The molecule has 176 valence electrons. The van der Waals surface area contributed by atoms with Crippen LogP contribution in [0, 0.1) is 0 Å². The Morgan fingerprint density at radius 3 is 1.91 bits per heavy atom. The van der Waals surface area contributed by atoms with Gasteiger partial charge in [-0.3, -0.25) is 4.57 Å². The lowest BCUT2D eigenvalue weighted by Crippen LogP contribution is -2.06. The van der Waals surface area contributed by atoms with Crippen molar-refractivity contribution in [3.63, 3.8) is 0 Å². The van der Waals surface area contributed by atoms with E-state index in [1.54, 1.807) is 11.8 Å². The average molecular weight is 476 g/mol. The minimum atomic E-state index is 0.558. The van der Waals surface area contributed by atoms with E-state index < -0.39 is 0 Å². The molecule has 0 amide bonds. The van der Waals surface area contributed by atoms with Gasteiger partial charge in [-0.05, 0) is 67.9 Å². The number of hydrogen-bond acceptors (Lipinski definition) is 6. The highest BCUT2D eigenvalue weighted by atomic mass is 32.2. The van der Waals surface area contributed by atoms with Crippen LogP contribution in [0.15, 0.2) is 84.0 Å². The van der Waals surface area contributed by atoms with Crippen LogP contribution in [0.3, 0.4) is 0 Å². The van der Waals surface area contributed by atoms with Gasteiger partial charge in [0.15, 0.2) is 5.16 Å². The van der Waals surface area contributed by atoms with Crippen molar-refractivity contribution >= 4 is 11.8 Å². The quantitative estimate of drug-likeness (QED) is 0.190. The molecule has 6 nitrogen and oxygen atoms in total. The summed E-state index contributed by atoms with van der Waals surface area (Å²) in [6.45, 7) is 5.80. The van der Waals surface area contributed by atoms with Crippen molar-refractivity contribution in [3.05, 3.63) is 90.3 Å². The molecule has 0 spiro atoms. The average Bonchev–Trinajstić information content (AvgIpc) is 3.26. The molecule has 0 unspecified atom stereocenters. The third-order valence-electron chi connectivity index (χ3n) is 5.03. The maximum atomic E-state index is 5.90. The Labute approximate surface area is 204 Å². The second kappa shape index (κ2) is 12.1. The molecule has 0 atom stereocenters. The normalized spacial score (nSPS) is 10.8. The Balaban J connectivity index is 1.46. The minimum absolute atomic E-state index is 0.558. The van der Waals surface area contributed by atoms with E-state index in [0.29, 0.717) is 26.2 Å². The first kappa shape index (κ1) is 23.7. The van der Waals surface area contributed by atoms with Crippen molar-refractivity contribution in [1.29, 1.82) is 0 Å². The third-order valence-corrected chi connectivity index (χ3v) is 5.92. The first-order valence-corrected chi connectivity index (χ1v) is 12.4. The van der Waals surface area contributed by atoms with Crippen LogP contribution in [0.25, 0.3) is 5.69 Å². The Morgan fingerprint density at radius 2 is 1.29 bits per heavy atom. The lowest BCUT2D eigenvalue weighted by atomic mass is 10.1.